The molecule has 0 saturated heterocycles. The molecule has 3 rings (SSSR count). The summed E-state index contributed by atoms with van der Waals surface area (Å²) in [6.45, 7) is 3.85. The molecule has 1 aromatic heterocycles. The van der Waals surface area contributed by atoms with Crippen molar-refractivity contribution >= 4 is 29.3 Å². The maximum absolute atomic E-state index is 12.7. The number of carbonyl (C=O) groups excluding carboxylic acids is 1. The lowest BCUT2D eigenvalue weighted by atomic mass is 10.2. The predicted molar refractivity (Wildman–Crippen MR) is 113 cm³/mol. The Morgan fingerprint density at radius 1 is 1.23 bits per heavy atom. The van der Waals surface area contributed by atoms with Crippen LogP contribution in [0.2, 0.25) is 5.02 Å². The molecular weight excluding hydrogens is 408 g/mol. The third-order valence-corrected chi connectivity index (χ3v) is 4.61. The van der Waals surface area contributed by atoms with Gasteiger partial charge in [-0.1, -0.05) is 35.9 Å². The quantitative estimate of drug-likeness (QED) is 0.307. The number of hydrogen-bond donors (Lipinski definition) is 0. The molecule has 0 radical (unpaired) electrons. The van der Waals surface area contributed by atoms with Crippen LogP contribution in [0, 0.1) is 10.1 Å². The van der Waals surface area contributed by atoms with Crippen LogP contribution in [0.3, 0.4) is 0 Å². The van der Waals surface area contributed by atoms with E-state index in [1.807, 2.05) is 19.9 Å². The third kappa shape index (κ3) is 5.09. The predicted octanol–water partition coefficient (Wildman–Crippen LogP) is 4.75. The first kappa shape index (κ1) is 21.2. The molecule has 1 amide bonds. The highest BCUT2D eigenvalue weighted by Gasteiger charge is 2.19. The lowest BCUT2D eigenvalue weighted by Crippen LogP contribution is -2.35. The van der Waals surface area contributed by atoms with Gasteiger partial charge in [-0.15, -0.1) is 10.2 Å². The zero-order valence-corrected chi connectivity index (χ0v) is 17.1. The van der Waals surface area contributed by atoms with Crippen LogP contribution in [0.25, 0.3) is 17.5 Å². The number of nitrogens with zero attached hydrogens (tertiary/aromatic N) is 4. The Morgan fingerprint density at radius 2 is 2.00 bits per heavy atom. The molecule has 1 heterocycles. The fourth-order valence-corrected chi connectivity index (χ4v) is 2.94. The highest BCUT2D eigenvalue weighted by atomic mass is 35.5. The molecule has 154 valence electrons. The number of benzene rings is 2. The van der Waals surface area contributed by atoms with E-state index in [1.54, 1.807) is 35.2 Å². The van der Waals surface area contributed by atoms with Gasteiger partial charge in [-0.3, -0.25) is 14.9 Å². The zero-order valence-electron chi connectivity index (χ0n) is 16.4. The second-order valence-corrected chi connectivity index (χ2v) is 7.13. The van der Waals surface area contributed by atoms with Crippen molar-refractivity contribution in [2.75, 3.05) is 0 Å². The molecule has 0 aliphatic heterocycles. The second kappa shape index (κ2) is 9.32. The van der Waals surface area contributed by atoms with Crippen molar-refractivity contribution in [3.05, 3.63) is 81.2 Å². The van der Waals surface area contributed by atoms with Gasteiger partial charge in [0.05, 0.1) is 22.1 Å². The molecular formula is C21H19ClN4O4. The Bertz CT molecular complexity index is 1090. The van der Waals surface area contributed by atoms with E-state index in [0.717, 1.165) is 0 Å². The van der Waals surface area contributed by atoms with Crippen LogP contribution < -0.4 is 0 Å². The molecule has 8 nitrogen and oxygen atoms in total. The Hall–Kier alpha value is -3.52. The maximum Gasteiger partial charge on any atom is 0.270 e. The highest BCUT2D eigenvalue weighted by Crippen LogP contribution is 2.26. The lowest BCUT2D eigenvalue weighted by molar-refractivity contribution is -0.384. The number of nitro benzene ring substituents is 1. The summed E-state index contributed by atoms with van der Waals surface area (Å²) in [6.07, 6.45) is 2.90. The van der Waals surface area contributed by atoms with E-state index in [1.165, 1.54) is 24.3 Å². The van der Waals surface area contributed by atoms with Crippen molar-refractivity contribution < 1.29 is 14.1 Å². The van der Waals surface area contributed by atoms with Crippen LogP contribution in [-0.2, 0) is 11.3 Å². The number of hydrogen-bond acceptors (Lipinski definition) is 6. The van der Waals surface area contributed by atoms with Crippen LogP contribution in [0.1, 0.15) is 25.3 Å². The van der Waals surface area contributed by atoms with Gasteiger partial charge in [-0.25, -0.2) is 0 Å². The van der Waals surface area contributed by atoms with Gasteiger partial charge >= 0.3 is 0 Å². The molecule has 3 aromatic rings. The van der Waals surface area contributed by atoms with Crippen LogP contribution in [0.15, 0.2) is 59.0 Å². The monoisotopic (exact) mass is 426 g/mol. The van der Waals surface area contributed by atoms with Crippen molar-refractivity contribution in [3.63, 3.8) is 0 Å². The van der Waals surface area contributed by atoms with Gasteiger partial charge in [0.1, 0.15) is 0 Å². The SMILES string of the molecule is CC(C)N(Cc1nnc(-c2ccccc2Cl)o1)C(=O)/C=C/c1cccc([N+](=O)[O-])c1. The number of aromatic nitrogens is 2. The molecule has 30 heavy (non-hydrogen) atoms. The summed E-state index contributed by atoms with van der Waals surface area (Å²) in [7, 11) is 0. The van der Waals surface area contributed by atoms with Gasteiger partial charge in [0.2, 0.25) is 17.7 Å². The van der Waals surface area contributed by atoms with Gasteiger partial charge < -0.3 is 9.32 Å². The van der Waals surface area contributed by atoms with Gasteiger partial charge in [-0.2, -0.15) is 0 Å². The second-order valence-electron chi connectivity index (χ2n) is 6.73. The van der Waals surface area contributed by atoms with Crippen molar-refractivity contribution in [2.24, 2.45) is 0 Å². The molecule has 0 unspecified atom stereocenters. The summed E-state index contributed by atoms with van der Waals surface area (Å²) in [6, 6.07) is 13.0. The first-order valence-electron chi connectivity index (χ1n) is 9.15. The summed E-state index contributed by atoms with van der Waals surface area (Å²) in [5.41, 5.74) is 1.13. The Morgan fingerprint density at radius 3 is 2.70 bits per heavy atom. The molecule has 9 heteroatoms. The van der Waals surface area contributed by atoms with Crippen molar-refractivity contribution in [3.8, 4) is 11.5 Å². The number of carbonyl (C=O) groups is 1. The van der Waals surface area contributed by atoms with Crippen molar-refractivity contribution in [1.82, 2.24) is 15.1 Å². The van der Waals surface area contributed by atoms with E-state index >= 15 is 0 Å². The fourth-order valence-electron chi connectivity index (χ4n) is 2.73. The smallest absolute Gasteiger partial charge is 0.270 e. The Kier molecular flexibility index (Phi) is 6.58. The number of nitro groups is 1. The lowest BCUT2D eigenvalue weighted by Gasteiger charge is -2.23. The fraction of sp³-hybridized carbons (Fsp3) is 0.190. The van der Waals surface area contributed by atoms with Gasteiger partial charge in [0.25, 0.3) is 5.69 Å². The molecule has 0 atom stereocenters. The summed E-state index contributed by atoms with van der Waals surface area (Å²) in [4.78, 5) is 24.7. The summed E-state index contributed by atoms with van der Waals surface area (Å²) in [5.74, 6) is 0.267. The van der Waals surface area contributed by atoms with Gasteiger partial charge in [-0.05, 0) is 37.6 Å². The van der Waals surface area contributed by atoms with Crippen molar-refractivity contribution in [1.29, 1.82) is 0 Å². The average Bonchev–Trinajstić information content (AvgIpc) is 3.19. The molecule has 0 fully saturated rings. The van der Waals surface area contributed by atoms with Crippen LogP contribution in [0.5, 0.6) is 0 Å². The standard InChI is InChI=1S/C21H19ClN4O4/c1-14(2)25(20(27)11-10-15-6-5-7-16(12-15)26(28)29)13-19-23-24-21(30-19)17-8-3-4-9-18(17)22/h3-12,14H,13H2,1-2H3/b11-10+. The van der Waals surface area contributed by atoms with Crippen molar-refractivity contribution in [2.45, 2.75) is 26.4 Å². The van der Waals surface area contributed by atoms with Gasteiger partial charge in [0, 0.05) is 24.3 Å². The first-order chi connectivity index (χ1) is 14.3. The van der Waals surface area contributed by atoms with Crippen LogP contribution in [-0.4, -0.2) is 32.0 Å². The van der Waals surface area contributed by atoms with E-state index in [9.17, 15) is 14.9 Å². The van der Waals surface area contributed by atoms with Crippen LogP contribution >= 0.6 is 11.6 Å². The van der Waals surface area contributed by atoms with E-state index in [-0.39, 0.29) is 36.0 Å². The van der Waals surface area contributed by atoms with Crippen LogP contribution in [0.4, 0.5) is 5.69 Å². The number of amides is 1. The van der Waals surface area contributed by atoms with Gasteiger partial charge in [0.15, 0.2) is 0 Å². The topological polar surface area (TPSA) is 102 Å². The largest absolute Gasteiger partial charge is 0.419 e. The first-order valence-corrected chi connectivity index (χ1v) is 9.53. The molecule has 2 aromatic carbocycles. The van der Waals surface area contributed by atoms with E-state index in [0.29, 0.717) is 16.1 Å². The minimum absolute atomic E-state index is 0.0386. The average molecular weight is 427 g/mol. The normalized spacial score (nSPS) is 11.2. The van der Waals surface area contributed by atoms with E-state index in [2.05, 4.69) is 10.2 Å². The number of halogens is 1. The minimum atomic E-state index is -0.480. The minimum Gasteiger partial charge on any atom is -0.419 e. The number of non-ortho nitro benzene ring substituents is 1. The molecule has 0 saturated carbocycles. The Balaban J connectivity index is 1.75. The summed E-state index contributed by atoms with van der Waals surface area (Å²) in [5, 5.41) is 19.4. The van der Waals surface area contributed by atoms with E-state index < -0.39 is 4.92 Å². The van der Waals surface area contributed by atoms with E-state index in [4.69, 9.17) is 16.0 Å². The Labute approximate surface area is 177 Å². The zero-order chi connectivity index (χ0) is 21.7. The molecule has 0 aliphatic carbocycles. The molecule has 0 N–H and O–H groups in total. The molecule has 0 aliphatic rings. The summed E-state index contributed by atoms with van der Waals surface area (Å²) < 4.78 is 5.69. The summed E-state index contributed by atoms with van der Waals surface area (Å²) >= 11 is 6.16. The molecule has 0 bridgehead atoms. The number of rotatable bonds is 7. The molecule has 0 spiro atoms. The maximum atomic E-state index is 12.7. The third-order valence-electron chi connectivity index (χ3n) is 4.28. The highest BCUT2D eigenvalue weighted by molar-refractivity contribution is 6.33.